The number of pyridine rings is 1. The maximum atomic E-state index is 13.5. The van der Waals surface area contributed by atoms with Gasteiger partial charge in [-0.15, -0.1) is 0 Å². The van der Waals surface area contributed by atoms with E-state index in [4.69, 9.17) is 11.6 Å². The van der Waals surface area contributed by atoms with Gasteiger partial charge in [0.05, 0.1) is 15.9 Å². The summed E-state index contributed by atoms with van der Waals surface area (Å²) in [6.07, 6.45) is -4.73. The second-order valence-corrected chi connectivity index (χ2v) is 4.06. The largest absolute Gasteiger partial charge is 0.433 e. The van der Waals surface area contributed by atoms with Crippen LogP contribution in [0.3, 0.4) is 0 Å². The average Bonchev–Trinajstić information content (AvgIpc) is 2.20. The van der Waals surface area contributed by atoms with Crippen LogP contribution in [0.25, 0.3) is 10.9 Å². The molecule has 7 heteroatoms. The molecular weight excluding hydrogens is 277 g/mol. The summed E-state index contributed by atoms with van der Waals surface area (Å²) in [6.45, 7) is 1.08. The van der Waals surface area contributed by atoms with Crippen LogP contribution in [0.15, 0.2) is 12.1 Å². The van der Waals surface area contributed by atoms with Gasteiger partial charge in [-0.05, 0) is 12.5 Å². The van der Waals surface area contributed by atoms with Crippen molar-refractivity contribution >= 4 is 22.5 Å². The molecule has 0 aliphatic rings. The van der Waals surface area contributed by atoms with E-state index in [1.807, 2.05) is 0 Å². The Morgan fingerprint density at radius 1 is 1.17 bits per heavy atom. The first-order valence-electron chi connectivity index (χ1n) is 4.74. The Morgan fingerprint density at radius 3 is 2.33 bits per heavy atom. The maximum Gasteiger partial charge on any atom is 0.433 e. The molecule has 18 heavy (non-hydrogen) atoms. The Bertz CT molecular complexity index is 636. The van der Waals surface area contributed by atoms with Crippen molar-refractivity contribution in [3.63, 3.8) is 0 Å². The minimum atomic E-state index is -4.73. The molecule has 0 fully saturated rings. The molecule has 0 aliphatic heterocycles. The van der Waals surface area contributed by atoms with Crippen molar-refractivity contribution in [1.29, 1.82) is 0 Å². The fourth-order valence-electron chi connectivity index (χ4n) is 1.64. The topological polar surface area (TPSA) is 12.9 Å². The van der Waals surface area contributed by atoms with Gasteiger partial charge in [0.1, 0.15) is 17.3 Å². The molecule has 0 unspecified atom stereocenters. The quantitative estimate of drug-likeness (QED) is 0.648. The van der Waals surface area contributed by atoms with Crippen molar-refractivity contribution in [2.75, 3.05) is 0 Å². The molecule has 1 aromatic carbocycles. The normalized spacial score (nSPS) is 12.2. The van der Waals surface area contributed by atoms with Gasteiger partial charge in [0.15, 0.2) is 0 Å². The van der Waals surface area contributed by atoms with Crippen LogP contribution in [-0.2, 0) is 6.18 Å². The predicted octanol–water partition coefficient (Wildman–Crippen LogP) is 4.49. The zero-order valence-corrected chi connectivity index (χ0v) is 9.63. The van der Waals surface area contributed by atoms with Crippen LogP contribution in [0.5, 0.6) is 0 Å². The van der Waals surface area contributed by atoms with Crippen LogP contribution in [0, 0.1) is 18.6 Å². The van der Waals surface area contributed by atoms with Crippen molar-refractivity contribution in [2.24, 2.45) is 0 Å². The summed E-state index contributed by atoms with van der Waals surface area (Å²) in [7, 11) is 0. The van der Waals surface area contributed by atoms with Gasteiger partial charge in [0, 0.05) is 12.1 Å². The highest BCUT2D eigenvalue weighted by Gasteiger charge is 2.36. The fraction of sp³-hybridized carbons (Fsp3) is 0.182. The first kappa shape index (κ1) is 13.0. The van der Waals surface area contributed by atoms with E-state index < -0.39 is 34.0 Å². The van der Waals surface area contributed by atoms with Gasteiger partial charge < -0.3 is 0 Å². The maximum absolute atomic E-state index is 13.5. The van der Waals surface area contributed by atoms with Crippen LogP contribution >= 0.6 is 11.6 Å². The predicted molar refractivity (Wildman–Crippen MR) is 56.4 cm³/mol. The summed E-state index contributed by atoms with van der Waals surface area (Å²) in [6, 6.07) is 1.25. The molecule has 0 atom stereocenters. The van der Waals surface area contributed by atoms with E-state index in [9.17, 15) is 22.0 Å². The van der Waals surface area contributed by atoms with Crippen molar-refractivity contribution in [3.8, 4) is 0 Å². The van der Waals surface area contributed by atoms with E-state index in [1.54, 1.807) is 0 Å². The van der Waals surface area contributed by atoms with Crippen LogP contribution in [0.4, 0.5) is 22.0 Å². The zero-order chi connectivity index (χ0) is 13.7. The summed E-state index contributed by atoms with van der Waals surface area (Å²) in [5, 5.41) is -0.728. The molecule has 0 aliphatic carbocycles. The number of halogens is 6. The van der Waals surface area contributed by atoms with Gasteiger partial charge in [-0.25, -0.2) is 13.8 Å². The van der Waals surface area contributed by atoms with Crippen LogP contribution in [0.1, 0.15) is 11.3 Å². The van der Waals surface area contributed by atoms with E-state index in [0.717, 1.165) is 6.92 Å². The summed E-state index contributed by atoms with van der Waals surface area (Å²) >= 11 is 5.69. The number of rotatable bonds is 0. The summed E-state index contributed by atoms with van der Waals surface area (Å²) < 4.78 is 64.4. The number of fused-ring (bicyclic) bond motifs is 1. The summed E-state index contributed by atoms with van der Waals surface area (Å²) in [5.74, 6) is -2.06. The molecule has 0 amide bonds. The van der Waals surface area contributed by atoms with E-state index in [1.165, 1.54) is 0 Å². The number of hydrogen-bond acceptors (Lipinski definition) is 1. The molecule has 0 bridgehead atoms. The third-order valence-electron chi connectivity index (χ3n) is 2.44. The molecule has 96 valence electrons. The third kappa shape index (κ3) is 2.01. The number of alkyl halides is 3. The molecular formula is C11H5ClF5N. The highest BCUT2D eigenvalue weighted by molar-refractivity contribution is 6.36. The molecule has 0 radical (unpaired) electrons. The van der Waals surface area contributed by atoms with E-state index >= 15 is 0 Å². The molecule has 0 saturated carbocycles. The average molecular weight is 282 g/mol. The second kappa shape index (κ2) is 4.05. The number of benzene rings is 1. The van der Waals surface area contributed by atoms with Crippen molar-refractivity contribution in [1.82, 2.24) is 4.98 Å². The monoisotopic (exact) mass is 281 g/mol. The highest BCUT2D eigenvalue weighted by Crippen LogP contribution is 2.37. The first-order valence-corrected chi connectivity index (χ1v) is 5.11. The third-order valence-corrected chi connectivity index (χ3v) is 2.91. The lowest BCUT2D eigenvalue weighted by Gasteiger charge is -2.13. The number of hydrogen-bond donors (Lipinski definition) is 0. The Labute approximate surface area is 103 Å². The van der Waals surface area contributed by atoms with Crippen LogP contribution < -0.4 is 0 Å². The summed E-state index contributed by atoms with van der Waals surface area (Å²) in [5.41, 5.74) is -2.09. The number of nitrogens with zero attached hydrogens (tertiary/aromatic N) is 1. The van der Waals surface area contributed by atoms with Crippen molar-refractivity contribution in [3.05, 3.63) is 40.0 Å². The fourth-order valence-corrected chi connectivity index (χ4v) is 1.91. The lowest BCUT2D eigenvalue weighted by molar-refractivity contribution is -0.141. The Kier molecular flexibility index (Phi) is 2.93. The lowest BCUT2D eigenvalue weighted by atomic mass is 10.1. The first-order chi connectivity index (χ1) is 8.21. The smallest absolute Gasteiger partial charge is 0.243 e. The second-order valence-electron chi connectivity index (χ2n) is 3.68. The zero-order valence-electron chi connectivity index (χ0n) is 8.87. The number of aromatic nitrogens is 1. The molecule has 1 aromatic heterocycles. The molecule has 2 rings (SSSR count). The van der Waals surface area contributed by atoms with Crippen molar-refractivity contribution in [2.45, 2.75) is 13.1 Å². The lowest BCUT2D eigenvalue weighted by Crippen LogP contribution is -2.11. The van der Waals surface area contributed by atoms with Crippen molar-refractivity contribution < 1.29 is 22.0 Å². The van der Waals surface area contributed by atoms with Gasteiger partial charge in [-0.3, -0.25) is 0 Å². The van der Waals surface area contributed by atoms with Crippen LogP contribution in [0.2, 0.25) is 5.02 Å². The van der Waals surface area contributed by atoms with E-state index in [2.05, 4.69) is 4.98 Å². The molecule has 2 aromatic rings. The van der Waals surface area contributed by atoms with Gasteiger partial charge in [-0.2, -0.15) is 13.2 Å². The molecule has 0 spiro atoms. The molecule has 1 nitrogen and oxygen atoms in total. The van der Waals surface area contributed by atoms with Crippen LogP contribution in [-0.4, -0.2) is 4.98 Å². The Morgan fingerprint density at radius 2 is 1.78 bits per heavy atom. The van der Waals surface area contributed by atoms with Gasteiger partial charge >= 0.3 is 6.18 Å². The van der Waals surface area contributed by atoms with E-state index in [0.29, 0.717) is 12.1 Å². The molecule has 1 heterocycles. The summed E-state index contributed by atoms with van der Waals surface area (Å²) in [4.78, 5) is 3.24. The minimum Gasteiger partial charge on any atom is -0.243 e. The Hall–Kier alpha value is -1.43. The van der Waals surface area contributed by atoms with Gasteiger partial charge in [0.25, 0.3) is 0 Å². The van der Waals surface area contributed by atoms with E-state index in [-0.39, 0.29) is 10.9 Å². The SMILES string of the molecule is Cc1c(C(F)(F)F)nc2cc(F)cc(F)c2c1Cl. The van der Waals surface area contributed by atoms with Gasteiger partial charge in [0.2, 0.25) is 0 Å². The Balaban J connectivity index is 2.93. The standard InChI is InChI=1S/C11H5ClF5N/c1-4-9(12)8-6(14)2-5(13)3-7(8)18-10(4)11(15,16)17/h2-3H,1H3. The minimum absolute atomic E-state index is 0.316. The van der Waals surface area contributed by atoms with Gasteiger partial charge in [-0.1, -0.05) is 11.6 Å². The molecule has 0 N–H and O–H groups in total. The molecule has 0 saturated heterocycles. The highest BCUT2D eigenvalue weighted by atomic mass is 35.5.